The first-order chi connectivity index (χ1) is 12.0. The van der Waals surface area contributed by atoms with E-state index in [9.17, 15) is 9.59 Å². The van der Waals surface area contributed by atoms with E-state index >= 15 is 0 Å². The number of esters is 1. The Kier molecular flexibility index (Phi) is 4.14. The Bertz CT molecular complexity index is 879. The van der Waals surface area contributed by atoms with Crippen molar-refractivity contribution in [2.45, 2.75) is 52.6 Å². The van der Waals surface area contributed by atoms with Crippen molar-refractivity contribution in [1.82, 2.24) is 0 Å². The van der Waals surface area contributed by atoms with Crippen LogP contribution in [0.3, 0.4) is 0 Å². The molecule has 2 fully saturated rings. The predicted octanol–water partition coefficient (Wildman–Crippen LogP) is 4.28. The van der Waals surface area contributed by atoms with E-state index in [1.54, 1.807) is 0 Å². The maximum atomic E-state index is 12.3. The van der Waals surface area contributed by atoms with Crippen LogP contribution in [0.5, 0.6) is 0 Å². The zero-order chi connectivity index (χ0) is 17.6. The summed E-state index contributed by atoms with van der Waals surface area (Å²) in [4.78, 5) is 24.1. The van der Waals surface area contributed by atoms with Crippen LogP contribution in [-0.2, 0) is 16.1 Å². The zero-order valence-electron chi connectivity index (χ0n) is 14.8. The summed E-state index contributed by atoms with van der Waals surface area (Å²) in [5, 5.41) is 0.843. The largest absolute Gasteiger partial charge is 0.461 e. The number of ether oxygens (including phenoxy) is 1. The van der Waals surface area contributed by atoms with E-state index < -0.39 is 5.63 Å². The second kappa shape index (κ2) is 6.32. The van der Waals surface area contributed by atoms with Crippen molar-refractivity contribution in [3.63, 3.8) is 0 Å². The topological polar surface area (TPSA) is 56.5 Å². The van der Waals surface area contributed by atoms with Crippen LogP contribution >= 0.6 is 0 Å². The first kappa shape index (κ1) is 16.4. The minimum atomic E-state index is -0.407. The SMILES string of the molecule is Cc1cc2oc(=O)cc(COC(=O)C[C@@H]3C[C@@H]4CC[C@@H]3C4)c2cc1C. The fourth-order valence-corrected chi connectivity index (χ4v) is 4.66. The summed E-state index contributed by atoms with van der Waals surface area (Å²) >= 11 is 0. The third kappa shape index (κ3) is 3.22. The van der Waals surface area contributed by atoms with Crippen LogP contribution in [0.4, 0.5) is 0 Å². The van der Waals surface area contributed by atoms with Crippen molar-refractivity contribution in [3.05, 3.63) is 45.3 Å². The summed E-state index contributed by atoms with van der Waals surface area (Å²) in [5.74, 6) is 1.89. The van der Waals surface area contributed by atoms with Crippen molar-refractivity contribution >= 4 is 16.9 Å². The zero-order valence-corrected chi connectivity index (χ0v) is 14.8. The van der Waals surface area contributed by atoms with Crippen LogP contribution in [0.2, 0.25) is 0 Å². The Labute approximate surface area is 147 Å². The van der Waals surface area contributed by atoms with Gasteiger partial charge in [0.15, 0.2) is 0 Å². The van der Waals surface area contributed by atoms with Gasteiger partial charge in [-0.3, -0.25) is 4.79 Å². The minimum absolute atomic E-state index is 0.129. The number of fused-ring (bicyclic) bond motifs is 3. The molecule has 4 nitrogen and oxygen atoms in total. The lowest BCUT2D eigenvalue weighted by Crippen LogP contribution is -2.17. The highest BCUT2D eigenvalue weighted by molar-refractivity contribution is 5.82. The van der Waals surface area contributed by atoms with Gasteiger partial charge < -0.3 is 9.15 Å². The molecule has 4 heteroatoms. The Morgan fingerprint density at radius 3 is 2.68 bits per heavy atom. The van der Waals surface area contributed by atoms with Crippen molar-refractivity contribution in [1.29, 1.82) is 0 Å². The van der Waals surface area contributed by atoms with E-state index in [-0.39, 0.29) is 12.6 Å². The highest BCUT2D eigenvalue weighted by Gasteiger charge is 2.40. The molecule has 0 spiro atoms. The molecule has 0 unspecified atom stereocenters. The molecule has 1 aromatic heterocycles. The molecule has 1 heterocycles. The molecule has 4 rings (SSSR count). The van der Waals surface area contributed by atoms with Crippen LogP contribution in [-0.4, -0.2) is 5.97 Å². The maximum Gasteiger partial charge on any atom is 0.336 e. The van der Waals surface area contributed by atoms with Gasteiger partial charge in [-0.2, -0.15) is 0 Å². The van der Waals surface area contributed by atoms with Gasteiger partial charge in [0, 0.05) is 23.4 Å². The smallest absolute Gasteiger partial charge is 0.336 e. The lowest BCUT2D eigenvalue weighted by molar-refractivity contribution is -0.146. The van der Waals surface area contributed by atoms with E-state index in [2.05, 4.69) is 0 Å². The van der Waals surface area contributed by atoms with Crippen LogP contribution in [0.15, 0.2) is 27.4 Å². The monoisotopic (exact) mass is 340 g/mol. The summed E-state index contributed by atoms with van der Waals surface area (Å²) in [6.07, 6.45) is 5.59. The number of rotatable bonds is 4. The summed E-state index contributed by atoms with van der Waals surface area (Å²) in [6.45, 7) is 4.13. The molecule has 0 amide bonds. The van der Waals surface area contributed by atoms with Crippen LogP contribution in [0, 0.1) is 31.6 Å². The van der Waals surface area contributed by atoms with Crippen molar-refractivity contribution in [2.24, 2.45) is 17.8 Å². The minimum Gasteiger partial charge on any atom is -0.461 e. The number of carbonyl (C=O) groups excluding carboxylic acids is 1. The predicted molar refractivity (Wildman–Crippen MR) is 95.3 cm³/mol. The normalized spacial score (nSPS) is 24.8. The Morgan fingerprint density at radius 1 is 1.16 bits per heavy atom. The number of carbonyl (C=O) groups is 1. The van der Waals surface area contributed by atoms with Crippen molar-refractivity contribution in [3.8, 4) is 0 Å². The fourth-order valence-electron chi connectivity index (χ4n) is 4.66. The van der Waals surface area contributed by atoms with Gasteiger partial charge in [0.1, 0.15) is 12.2 Å². The summed E-state index contributed by atoms with van der Waals surface area (Å²) in [5.41, 5.74) is 3.05. The molecule has 0 saturated heterocycles. The molecule has 0 N–H and O–H groups in total. The van der Waals surface area contributed by atoms with Crippen molar-refractivity contribution < 1.29 is 13.9 Å². The molecule has 3 atom stereocenters. The number of aryl methyl sites for hydroxylation is 2. The van der Waals surface area contributed by atoms with Gasteiger partial charge in [-0.15, -0.1) is 0 Å². The highest BCUT2D eigenvalue weighted by atomic mass is 16.5. The molecule has 2 aliphatic carbocycles. The van der Waals surface area contributed by atoms with Gasteiger partial charge in [-0.25, -0.2) is 4.79 Å². The molecule has 2 bridgehead atoms. The third-order valence-corrected chi connectivity index (χ3v) is 6.15. The summed E-state index contributed by atoms with van der Waals surface area (Å²) in [6, 6.07) is 5.29. The standard InChI is InChI=1S/C21H24O4/c1-12-5-18-17(10-21(23)25-19(18)6-13(12)2)11-24-20(22)9-16-8-14-3-4-15(16)7-14/h5-6,10,14-16H,3-4,7-9,11H2,1-2H3/t14-,15-,16+/m1/s1. The summed E-state index contributed by atoms with van der Waals surface area (Å²) in [7, 11) is 0. The van der Waals surface area contributed by atoms with Gasteiger partial charge >= 0.3 is 11.6 Å². The second-order valence-electron chi connectivity index (χ2n) is 7.82. The van der Waals surface area contributed by atoms with E-state index in [0.717, 1.165) is 28.0 Å². The lowest BCUT2D eigenvalue weighted by atomic mass is 9.86. The molecule has 0 radical (unpaired) electrons. The third-order valence-electron chi connectivity index (χ3n) is 6.15. The molecule has 2 aliphatic rings. The van der Waals surface area contributed by atoms with Crippen LogP contribution in [0.25, 0.3) is 11.0 Å². The molecule has 25 heavy (non-hydrogen) atoms. The highest BCUT2D eigenvalue weighted by Crippen LogP contribution is 2.49. The average Bonchev–Trinajstić information content (AvgIpc) is 3.17. The number of benzene rings is 1. The van der Waals surface area contributed by atoms with Gasteiger partial charge in [0.2, 0.25) is 0 Å². The Morgan fingerprint density at radius 2 is 1.96 bits per heavy atom. The Balaban J connectivity index is 1.48. The first-order valence-corrected chi connectivity index (χ1v) is 9.19. The molecule has 0 aliphatic heterocycles. The first-order valence-electron chi connectivity index (χ1n) is 9.19. The molecule has 2 aromatic rings. The maximum absolute atomic E-state index is 12.3. The summed E-state index contributed by atoms with van der Waals surface area (Å²) < 4.78 is 10.8. The van der Waals surface area contributed by atoms with E-state index in [1.807, 2.05) is 26.0 Å². The molecule has 1 aromatic carbocycles. The number of hydrogen-bond acceptors (Lipinski definition) is 4. The molecule has 2 saturated carbocycles. The lowest BCUT2D eigenvalue weighted by Gasteiger charge is -2.20. The second-order valence-corrected chi connectivity index (χ2v) is 7.82. The fraction of sp³-hybridized carbons (Fsp3) is 0.524. The van der Waals surface area contributed by atoms with E-state index in [1.165, 1.54) is 31.7 Å². The van der Waals surface area contributed by atoms with E-state index in [4.69, 9.17) is 9.15 Å². The number of hydrogen-bond donors (Lipinski definition) is 0. The molecular formula is C21H24O4. The average molecular weight is 340 g/mol. The van der Waals surface area contributed by atoms with Crippen LogP contribution in [0.1, 0.15) is 48.8 Å². The quantitative estimate of drug-likeness (QED) is 0.616. The van der Waals surface area contributed by atoms with Crippen LogP contribution < -0.4 is 5.63 Å². The molecule has 132 valence electrons. The molecular weight excluding hydrogens is 316 g/mol. The van der Waals surface area contributed by atoms with Gasteiger partial charge in [0.25, 0.3) is 0 Å². The van der Waals surface area contributed by atoms with Crippen molar-refractivity contribution in [2.75, 3.05) is 0 Å². The van der Waals surface area contributed by atoms with Gasteiger partial charge in [0.05, 0.1) is 0 Å². The van der Waals surface area contributed by atoms with Gasteiger partial charge in [-0.05, 0) is 74.1 Å². The van der Waals surface area contributed by atoms with Gasteiger partial charge in [-0.1, -0.05) is 6.42 Å². The Hall–Kier alpha value is -2.10. The van der Waals surface area contributed by atoms with E-state index in [0.29, 0.717) is 23.8 Å².